The quantitative estimate of drug-likeness (QED) is 0.445. The zero-order valence-electron chi connectivity index (χ0n) is 14.4. The number of benzene rings is 2. The molecule has 1 aliphatic rings. The maximum atomic E-state index is 12.7. The van der Waals surface area contributed by atoms with Crippen LogP contribution in [0.15, 0.2) is 47.4 Å². The number of hydrogen-bond acceptors (Lipinski definition) is 7. The number of hydrogen-bond donors (Lipinski definition) is 2. The van der Waals surface area contributed by atoms with E-state index >= 15 is 0 Å². The van der Waals surface area contributed by atoms with Gasteiger partial charge in [0.2, 0.25) is 0 Å². The SMILES string of the molecule is COC(=O)c1ccc(/C=C2\SC(=S)N(c3ccc(C(=O)O)c(O)c3)C2=O)cc1. The monoisotopic (exact) mass is 415 g/mol. The second kappa shape index (κ2) is 7.83. The van der Waals surface area contributed by atoms with Crippen LogP contribution in [0.25, 0.3) is 6.08 Å². The highest BCUT2D eigenvalue weighted by Crippen LogP contribution is 2.37. The molecule has 2 aromatic carbocycles. The molecule has 3 rings (SSSR count). The molecule has 0 aliphatic carbocycles. The van der Waals surface area contributed by atoms with Gasteiger partial charge in [-0.05, 0) is 35.9 Å². The summed E-state index contributed by atoms with van der Waals surface area (Å²) in [5.74, 6) is -2.58. The summed E-state index contributed by atoms with van der Waals surface area (Å²) in [4.78, 5) is 36.8. The molecule has 0 saturated carbocycles. The van der Waals surface area contributed by atoms with Crippen LogP contribution < -0.4 is 4.90 Å². The Bertz CT molecular complexity index is 1030. The van der Waals surface area contributed by atoms with E-state index in [1.165, 1.54) is 30.2 Å². The normalized spacial score (nSPS) is 15.2. The van der Waals surface area contributed by atoms with Gasteiger partial charge in [0.25, 0.3) is 5.91 Å². The summed E-state index contributed by atoms with van der Waals surface area (Å²) in [6, 6.07) is 10.3. The number of nitrogens with zero attached hydrogens (tertiary/aromatic N) is 1. The topological polar surface area (TPSA) is 104 Å². The third-order valence-electron chi connectivity index (χ3n) is 3.89. The van der Waals surface area contributed by atoms with Crippen LogP contribution in [-0.2, 0) is 9.53 Å². The fourth-order valence-corrected chi connectivity index (χ4v) is 3.81. The Morgan fingerprint density at radius 2 is 1.86 bits per heavy atom. The molecule has 2 aromatic rings. The van der Waals surface area contributed by atoms with E-state index in [9.17, 15) is 19.5 Å². The molecule has 0 bridgehead atoms. The van der Waals surface area contributed by atoms with Gasteiger partial charge in [0.15, 0.2) is 4.32 Å². The first-order valence-corrected chi connectivity index (χ1v) is 9.07. The Morgan fingerprint density at radius 1 is 1.18 bits per heavy atom. The van der Waals surface area contributed by atoms with Gasteiger partial charge in [-0.3, -0.25) is 9.69 Å². The van der Waals surface area contributed by atoms with E-state index in [-0.39, 0.29) is 15.6 Å². The molecule has 1 heterocycles. The van der Waals surface area contributed by atoms with Crippen LogP contribution in [0.3, 0.4) is 0 Å². The van der Waals surface area contributed by atoms with Crippen molar-refractivity contribution in [2.75, 3.05) is 12.0 Å². The third kappa shape index (κ3) is 3.75. The van der Waals surface area contributed by atoms with Crippen molar-refractivity contribution < 1.29 is 29.3 Å². The van der Waals surface area contributed by atoms with Crippen LogP contribution in [0.5, 0.6) is 5.75 Å². The number of thioether (sulfide) groups is 1. The standard InChI is InChI=1S/C19H13NO6S2/c1-26-18(25)11-4-2-10(3-5-11)8-15-16(22)20(19(27)28-15)12-6-7-13(17(23)24)14(21)9-12/h2-9,21H,1H3,(H,23,24)/b15-8-. The molecule has 0 radical (unpaired) electrons. The lowest BCUT2D eigenvalue weighted by molar-refractivity contribution is -0.113. The summed E-state index contributed by atoms with van der Waals surface area (Å²) in [6.07, 6.45) is 1.63. The molecule has 7 nitrogen and oxygen atoms in total. The minimum atomic E-state index is -1.27. The van der Waals surface area contributed by atoms with Crippen molar-refractivity contribution in [2.24, 2.45) is 0 Å². The number of thiocarbonyl (C=S) groups is 1. The molecule has 142 valence electrons. The number of rotatable bonds is 4. The molecule has 0 unspecified atom stereocenters. The van der Waals surface area contributed by atoms with Crippen LogP contribution in [0.1, 0.15) is 26.3 Å². The van der Waals surface area contributed by atoms with Crippen LogP contribution >= 0.6 is 24.0 Å². The van der Waals surface area contributed by atoms with Crippen molar-refractivity contribution in [3.05, 3.63) is 64.1 Å². The number of aromatic carboxylic acids is 1. The lowest BCUT2D eigenvalue weighted by Crippen LogP contribution is -2.27. The van der Waals surface area contributed by atoms with Gasteiger partial charge in [-0.25, -0.2) is 9.59 Å². The van der Waals surface area contributed by atoms with E-state index in [1.54, 1.807) is 30.3 Å². The molecule has 9 heteroatoms. The van der Waals surface area contributed by atoms with Gasteiger partial charge in [0, 0.05) is 6.07 Å². The first-order chi connectivity index (χ1) is 13.3. The number of ether oxygens (including phenoxy) is 1. The van der Waals surface area contributed by atoms with Gasteiger partial charge >= 0.3 is 11.9 Å². The van der Waals surface area contributed by atoms with E-state index in [1.807, 2.05) is 0 Å². The summed E-state index contributed by atoms with van der Waals surface area (Å²) in [5, 5.41) is 18.9. The second-order valence-electron chi connectivity index (χ2n) is 5.64. The smallest absolute Gasteiger partial charge is 0.339 e. The number of anilines is 1. The van der Waals surface area contributed by atoms with Crippen molar-refractivity contribution >= 4 is 57.9 Å². The van der Waals surface area contributed by atoms with Crippen LogP contribution in [0.4, 0.5) is 5.69 Å². The summed E-state index contributed by atoms with van der Waals surface area (Å²) >= 11 is 6.34. The van der Waals surface area contributed by atoms with Crippen LogP contribution in [-0.4, -0.2) is 39.5 Å². The molecule has 1 amide bonds. The molecular formula is C19H13NO6S2. The summed E-state index contributed by atoms with van der Waals surface area (Å²) in [7, 11) is 1.29. The first kappa shape index (κ1) is 19.6. The summed E-state index contributed by atoms with van der Waals surface area (Å²) in [5.41, 5.74) is 1.09. The van der Waals surface area contributed by atoms with Crippen molar-refractivity contribution in [2.45, 2.75) is 0 Å². The highest BCUT2D eigenvalue weighted by atomic mass is 32.2. The lowest BCUT2D eigenvalue weighted by Gasteiger charge is -2.15. The van der Waals surface area contributed by atoms with Crippen LogP contribution in [0.2, 0.25) is 0 Å². The summed E-state index contributed by atoms with van der Waals surface area (Å²) in [6.45, 7) is 0. The predicted octanol–water partition coefficient (Wildman–Crippen LogP) is 3.28. The average Bonchev–Trinajstić information content (AvgIpc) is 2.94. The molecule has 0 atom stereocenters. The van der Waals surface area contributed by atoms with Gasteiger partial charge in [0.1, 0.15) is 11.3 Å². The second-order valence-corrected chi connectivity index (χ2v) is 7.31. The highest BCUT2D eigenvalue weighted by Gasteiger charge is 2.33. The average molecular weight is 415 g/mol. The van der Waals surface area contributed by atoms with Crippen molar-refractivity contribution in [1.29, 1.82) is 0 Å². The number of esters is 1. The Morgan fingerprint density at radius 3 is 2.43 bits per heavy atom. The minimum absolute atomic E-state index is 0.255. The number of carbonyl (C=O) groups excluding carboxylic acids is 2. The number of phenols is 1. The molecule has 1 fully saturated rings. The number of carbonyl (C=O) groups is 3. The zero-order chi connectivity index (χ0) is 20.4. The largest absolute Gasteiger partial charge is 0.507 e. The van der Waals surface area contributed by atoms with Crippen molar-refractivity contribution in [3.63, 3.8) is 0 Å². The summed E-state index contributed by atoms with van der Waals surface area (Å²) < 4.78 is 4.90. The molecular weight excluding hydrogens is 402 g/mol. The zero-order valence-corrected chi connectivity index (χ0v) is 16.0. The number of amides is 1. The Kier molecular flexibility index (Phi) is 5.48. The van der Waals surface area contributed by atoms with Gasteiger partial charge in [-0.1, -0.05) is 36.1 Å². The molecule has 1 saturated heterocycles. The minimum Gasteiger partial charge on any atom is -0.507 e. The maximum absolute atomic E-state index is 12.7. The fourth-order valence-electron chi connectivity index (χ4n) is 2.51. The number of aromatic hydroxyl groups is 1. The fraction of sp³-hybridized carbons (Fsp3) is 0.0526. The Labute approximate surface area is 169 Å². The molecule has 1 aliphatic heterocycles. The maximum Gasteiger partial charge on any atom is 0.339 e. The molecule has 28 heavy (non-hydrogen) atoms. The number of methoxy groups -OCH3 is 1. The molecule has 0 spiro atoms. The van der Waals surface area contributed by atoms with E-state index in [2.05, 4.69) is 4.74 Å². The van der Waals surface area contributed by atoms with Crippen molar-refractivity contribution in [1.82, 2.24) is 0 Å². The van der Waals surface area contributed by atoms with E-state index < -0.39 is 23.6 Å². The first-order valence-electron chi connectivity index (χ1n) is 7.84. The van der Waals surface area contributed by atoms with Crippen molar-refractivity contribution in [3.8, 4) is 5.75 Å². The number of carboxylic acids is 1. The van der Waals surface area contributed by atoms with Gasteiger partial charge in [-0.15, -0.1) is 0 Å². The van der Waals surface area contributed by atoms with Crippen LogP contribution in [0, 0.1) is 0 Å². The highest BCUT2D eigenvalue weighted by molar-refractivity contribution is 8.27. The van der Waals surface area contributed by atoms with Gasteiger partial charge in [-0.2, -0.15) is 0 Å². The Balaban J connectivity index is 1.87. The lowest BCUT2D eigenvalue weighted by atomic mass is 10.1. The van der Waals surface area contributed by atoms with Gasteiger partial charge in [0.05, 0.1) is 23.3 Å². The van der Waals surface area contributed by atoms with E-state index in [0.717, 1.165) is 11.8 Å². The van der Waals surface area contributed by atoms with E-state index in [4.69, 9.17) is 17.3 Å². The third-order valence-corrected chi connectivity index (χ3v) is 5.20. The molecule has 0 aromatic heterocycles. The Hall–Kier alpha value is -3.17. The number of carboxylic acid groups (broad SMARTS) is 1. The van der Waals surface area contributed by atoms with Gasteiger partial charge < -0.3 is 14.9 Å². The predicted molar refractivity (Wildman–Crippen MR) is 108 cm³/mol. The van der Waals surface area contributed by atoms with E-state index in [0.29, 0.717) is 16.0 Å². The molecule has 2 N–H and O–H groups in total.